The van der Waals surface area contributed by atoms with E-state index in [1.165, 1.54) is 0 Å². The molecule has 0 saturated carbocycles. The van der Waals surface area contributed by atoms with Crippen molar-refractivity contribution < 1.29 is 9.90 Å². The first-order valence-corrected chi connectivity index (χ1v) is 7.48. The second-order valence-corrected chi connectivity index (χ2v) is 5.39. The molecule has 2 rings (SSSR count). The fraction of sp³-hybridized carbons (Fsp3) is 0.235. The van der Waals surface area contributed by atoms with Gasteiger partial charge < -0.3 is 15.7 Å². The van der Waals surface area contributed by atoms with Crippen LogP contribution >= 0.6 is 11.6 Å². The van der Waals surface area contributed by atoms with Gasteiger partial charge in [-0.15, -0.1) is 0 Å². The lowest BCUT2D eigenvalue weighted by molar-refractivity contribution is 0.239. The summed E-state index contributed by atoms with van der Waals surface area (Å²) >= 11 is 6.04. The number of hydrogen-bond acceptors (Lipinski definition) is 2. The molecule has 0 saturated heterocycles. The van der Waals surface area contributed by atoms with Gasteiger partial charge in [0.15, 0.2) is 0 Å². The number of urea groups is 1. The van der Waals surface area contributed by atoms with Gasteiger partial charge in [0.25, 0.3) is 0 Å². The Morgan fingerprint density at radius 3 is 2.59 bits per heavy atom. The van der Waals surface area contributed by atoms with E-state index in [4.69, 9.17) is 11.6 Å². The lowest BCUT2D eigenvalue weighted by Gasteiger charge is -2.19. The molecule has 2 amide bonds. The van der Waals surface area contributed by atoms with Crippen molar-refractivity contribution in [3.63, 3.8) is 0 Å². The summed E-state index contributed by atoms with van der Waals surface area (Å²) in [4.78, 5) is 12.2. The van der Waals surface area contributed by atoms with E-state index in [2.05, 4.69) is 10.6 Å². The second kappa shape index (κ2) is 7.82. The Labute approximate surface area is 135 Å². The number of nitrogens with one attached hydrogen (secondary N) is 2. The standard InChI is InChI=1S/C17H19ClN2O2/c1-12-14(18)8-5-9-15(12)19-17(22)20-16(10-11-21)13-6-3-2-4-7-13/h2-9,16,21H,10-11H2,1H3,(H2,19,20,22)/t16-/m1/s1. The van der Waals surface area contributed by atoms with Gasteiger partial charge in [0, 0.05) is 17.3 Å². The number of benzene rings is 2. The van der Waals surface area contributed by atoms with Crippen LogP contribution in [0.2, 0.25) is 5.02 Å². The minimum atomic E-state index is -0.326. The SMILES string of the molecule is Cc1c(Cl)cccc1NC(=O)N[C@H](CCO)c1ccccc1. The first kappa shape index (κ1) is 16.3. The quantitative estimate of drug-likeness (QED) is 0.783. The van der Waals surface area contributed by atoms with Gasteiger partial charge in [-0.25, -0.2) is 4.79 Å². The zero-order chi connectivity index (χ0) is 15.9. The second-order valence-electron chi connectivity index (χ2n) is 4.99. The van der Waals surface area contributed by atoms with Crippen LogP contribution in [0.3, 0.4) is 0 Å². The van der Waals surface area contributed by atoms with Crippen LogP contribution < -0.4 is 10.6 Å². The van der Waals surface area contributed by atoms with E-state index in [1.807, 2.05) is 37.3 Å². The predicted molar refractivity (Wildman–Crippen MR) is 89.2 cm³/mol. The van der Waals surface area contributed by atoms with E-state index in [1.54, 1.807) is 18.2 Å². The van der Waals surface area contributed by atoms with Gasteiger partial charge in [-0.05, 0) is 36.6 Å². The van der Waals surface area contributed by atoms with E-state index in [-0.39, 0.29) is 18.7 Å². The van der Waals surface area contributed by atoms with Crippen LogP contribution in [0.4, 0.5) is 10.5 Å². The molecule has 0 aliphatic heterocycles. The fourth-order valence-electron chi connectivity index (χ4n) is 2.20. The maximum atomic E-state index is 12.2. The van der Waals surface area contributed by atoms with E-state index in [0.717, 1.165) is 11.1 Å². The third-order valence-corrected chi connectivity index (χ3v) is 3.85. The van der Waals surface area contributed by atoms with Crippen molar-refractivity contribution in [2.45, 2.75) is 19.4 Å². The third kappa shape index (κ3) is 4.23. The van der Waals surface area contributed by atoms with Gasteiger partial charge in [0.1, 0.15) is 0 Å². The van der Waals surface area contributed by atoms with Gasteiger partial charge in [0.2, 0.25) is 0 Å². The summed E-state index contributed by atoms with van der Waals surface area (Å²) in [5, 5.41) is 15.5. The van der Waals surface area contributed by atoms with Crippen LogP contribution in [0.5, 0.6) is 0 Å². The average Bonchev–Trinajstić information content (AvgIpc) is 2.52. The minimum Gasteiger partial charge on any atom is -0.396 e. The Morgan fingerprint density at radius 2 is 1.91 bits per heavy atom. The van der Waals surface area contributed by atoms with E-state index in [9.17, 15) is 9.90 Å². The number of aliphatic hydroxyl groups is 1. The summed E-state index contributed by atoms with van der Waals surface area (Å²) in [6, 6.07) is 14.3. The first-order valence-electron chi connectivity index (χ1n) is 7.10. The highest BCUT2D eigenvalue weighted by Gasteiger charge is 2.14. The van der Waals surface area contributed by atoms with Crippen molar-refractivity contribution in [1.82, 2.24) is 5.32 Å². The monoisotopic (exact) mass is 318 g/mol. The van der Waals surface area contributed by atoms with Crippen molar-refractivity contribution in [3.05, 3.63) is 64.7 Å². The van der Waals surface area contributed by atoms with E-state index < -0.39 is 0 Å². The summed E-state index contributed by atoms with van der Waals surface area (Å²) < 4.78 is 0. The summed E-state index contributed by atoms with van der Waals surface area (Å²) in [7, 11) is 0. The van der Waals surface area contributed by atoms with Crippen LogP contribution in [-0.2, 0) is 0 Å². The number of amides is 2. The van der Waals surface area contributed by atoms with Crippen molar-refractivity contribution >= 4 is 23.3 Å². The van der Waals surface area contributed by atoms with Gasteiger partial charge in [-0.3, -0.25) is 0 Å². The molecule has 5 heteroatoms. The van der Waals surface area contributed by atoms with Crippen molar-refractivity contribution in [2.24, 2.45) is 0 Å². The molecular weight excluding hydrogens is 300 g/mol. The fourth-order valence-corrected chi connectivity index (χ4v) is 2.37. The molecule has 2 aromatic carbocycles. The first-order chi connectivity index (χ1) is 10.6. The number of carbonyl (C=O) groups excluding carboxylic acids is 1. The molecule has 0 aliphatic rings. The lowest BCUT2D eigenvalue weighted by Crippen LogP contribution is -2.33. The van der Waals surface area contributed by atoms with Crippen LogP contribution in [-0.4, -0.2) is 17.7 Å². The maximum Gasteiger partial charge on any atom is 0.319 e. The Kier molecular flexibility index (Phi) is 5.81. The summed E-state index contributed by atoms with van der Waals surface area (Å²) in [5.41, 5.74) is 2.44. The van der Waals surface area contributed by atoms with E-state index in [0.29, 0.717) is 17.1 Å². The Bertz CT molecular complexity index is 632. The average molecular weight is 319 g/mol. The summed E-state index contributed by atoms with van der Waals surface area (Å²) in [6.45, 7) is 1.84. The molecule has 0 aliphatic carbocycles. The predicted octanol–water partition coefficient (Wildman–Crippen LogP) is 3.89. The van der Waals surface area contributed by atoms with Gasteiger partial charge >= 0.3 is 6.03 Å². The van der Waals surface area contributed by atoms with Crippen molar-refractivity contribution in [2.75, 3.05) is 11.9 Å². The highest BCUT2D eigenvalue weighted by molar-refractivity contribution is 6.31. The molecule has 4 nitrogen and oxygen atoms in total. The number of anilines is 1. The topological polar surface area (TPSA) is 61.4 Å². The molecule has 0 heterocycles. The molecule has 3 N–H and O–H groups in total. The number of carbonyl (C=O) groups is 1. The molecule has 1 atom stereocenters. The molecule has 22 heavy (non-hydrogen) atoms. The molecule has 0 fully saturated rings. The molecule has 0 aromatic heterocycles. The lowest BCUT2D eigenvalue weighted by atomic mass is 10.0. The molecule has 0 bridgehead atoms. The normalized spacial score (nSPS) is 11.8. The zero-order valence-corrected chi connectivity index (χ0v) is 13.1. The van der Waals surface area contributed by atoms with Gasteiger partial charge in [-0.1, -0.05) is 48.0 Å². The number of hydrogen-bond donors (Lipinski definition) is 3. The van der Waals surface area contributed by atoms with Crippen molar-refractivity contribution in [1.29, 1.82) is 0 Å². The van der Waals surface area contributed by atoms with Crippen molar-refractivity contribution in [3.8, 4) is 0 Å². The molecule has 0 unspecified atom stereocenters. The van der Waals surface area contributed by atoms with Crippen LogP contribution in [0.25, 0.3) is 0 Å². The van der Waals surface area contributed by atoms with Gasteiger partial charge in [0.05, 0.1) is 6.04 Å². The third-order valence-electron chi connectivity index (χ3n) is 3.44. The number of halogens is 1. The summed E-state index contributed by atoms with van der Waals surface area (Å²) in [6.07, 6.45) is 0.450. The molecule has 2 aromatic rings. The zero-order valence-electron chi connectivity index (χ0n) is 12.3. The number of aliphatic hydroxyl groups excluding tert-OH is 1. The molecule has 116 valence electrons. The smallest absolute Gasteiger partial charge is 0.319 e. The van der Waals surface area contributed by atoms with Crippen LogP contribution in [0, 0.1) is 6.92 Å². The molecular formula is C17H19ClN2O2. The summed E-state index contributed by atoms with van der Waals surface area (Å²) in [5.74, 6) is 0. The molecule has 0 radical (unpaired) electrons. The van der Waals surface area contributed by atoms with Crippen LogP contribution in [0.15, 0.2) is 48.5 Å². The number of rotatable bonds is 5. The largest absolute Gasteiger partial charge is 0.396 e. The Hall–Kier alpha value is -2.04. The van der Waals surface area contributed by atoms with Gasteiger partial charge in [-0.2, -0.15) is 0 Å². The maximum absolute atomic E-state index is 12.2. The van der Waals surface area contributed by atoms with Crippen LogP contribution in [0.1, 0.15) is 23.6 Å². The minimum absolute atomic E-state index is 0.00393. The highest BCUT2D eigenvalue weighted by atomic mass is 35.5. The highest BCUT2D eigenvalue weighted by Crippen LogP contribution is 2.23. The Balaban J connectivity index is 2.07. The Morgan fingerprint density at radius 1 is 1.18 bits per heavy atom. The van der Waals surface area contributed by atoms with E-state index >= 15 is 0 Å². The molecule has 0 spiro atoms.